The van der Waals surface area contributed by atoms with Crippen molar-refractivity contribution >= 4 is 12.3 Å². The third kappa shape index (κ3) is 2.99. The monoisotopic (exact) mass is 252 g/mol. The predicted molar refractivity (Wildman–Crippen MR) is 66.2 cm³/mol. The number of rotatable bonds is 7. The lowest BCUT2D eigenvalue weighted by Crippen LogP contribution is -2.27. The highest BCUT2D eigenvalue weighted by molar-refractivity contribution is 5.66. The number of hydrogen-bond acceptors (Lipinski definition) is 3. The largest absolute Gasteiger partial charge is 0.481 e. The van der Waals surface area contributed by atoms with E-state index in [1.165, 1.54) is 0 Å². The summed E-state index contributed by atoms with van der Waals surface area (Å²) in [6.45, 7) is 0. The van der Waals surface area contributed by atoms with Gasteiger partial charge in [0, 0.05) is 18.3 Å². The number of hydrogen-bond donors (Lipinski definition) is 1. The second-order valence-corrected chi connectivity index (χ2v) is 5.16. The Labute approximate surface area is 107 Å². The van der Waals surface area contributed by atoms with Crippen LogP contribution in [0.4, 0.5) is 0 Å². The van der Waals surface area contributed by atoms with Gasteiger partial charge in [-0.1, -0.05) is 12.2 Å². The molecule has 2 bridgehead atoms. The molecule has 0 amide bonds. The number of carboxylic acid groups (broad SMARTS) is 1. The number of aldehydes is 1. The minimum atomic E-state index is -0.745. The summed E-state index contributed by atoms with van der Waals surface area (Å²) in [6, 6.07) is 0. The summed E-state index contributed by atoms with van der Waals surface area (Å²) in [5.74, 6) is -0.352. The van der Waals surface area contributed by atoms with Crippen molar-refractivity contribution in [2.24, 2.45) is 11.8 Å². The standard InChI is InChI=1S/C14H20O4/c15-9-11-10(12-7-8-13(11)18-12)5-3-1-2-4-6-14(16)17/h1,3,9-13H,2,4-8H2,(H,16,17)/t10-,11+,12-,13+/m1/s1. The fourth-order valence-corrected chi connectivity index (χ4v) is 3.05. The molecule has 0 aromatic carbocycles. The van der Waals surface area contributed by atoms with Gasteiger partial charge in [0.15, 0.2) is 0 Å². The third-order valence-corrected chi connectivity index (χ3v) is 3.98. The van der Waals surface area contributed by atoms with Crippen LogP contribution in [0.1, 0.15) is 38.5 Å². The molecule has 4 atom stereocenters. The first-order valence-electron chi connectivity index (χ1n) is 6.70. The van der Waals surface area contributed by atoms with Gasteiger partial charge in [0.1, 0.15) is 6.29 Å². The van der Waals surface area contributed by atoms with Crippen molar-refractivity contribution in [1.82, 2.24) is 0 Å². The molecule has 1 N–H and O–H groups in total. The lowest BCUT2D eigenvalue weighted by atomic mass is 9.78. The molecule has 0 spiro atoms. The highest BCUT2D eigenvalue weighted by atomic mass is 16.5. The molecule has 2 aliphatic rings. The maximum absolute atomic E-state index is 11.0. The van der Waals surface area contributed by atoms with Gasteiger partial charge in [-0.3, -0.25) is 4.79 Å². The van der Waals surface area contributed by atoms with E-state index in [9.17, 15) is 9.59 Å². The zero-order valence-corrected chi connectivity index (χ0v) is 10.5. The molecule has 0 unspecified atom stereocenters. The Morgan fingerprint density at radius 3 is 2.78 bits per heavy atom. The highest BCUT2D eigenvalue weighted by Gasteiger charge is 2.47. The number of carbonyl (C=O) groups excluding carboxylic acids is 1. The molecular formula is C14H20O4. The van der Waals surface area contributed by atoms with Crippen LogP contribution in [0, 0.1) is 11.8 Å². The molecule has 2 rings (SSSR count). The van der Waals surface area contributed by atoms with Gasteiger partial charge in [-0.25, -0.2) is 0 Å². The third-order valence-electron chi connectivity index (χ3n) is 3.98. The SMILES string of the molecule is O=C[C@H]1[C@@H](CC=CCCCC(=O)O)[C@H]2CC[C@@H]1O2. The van der Waals surface area contributed by atoms with Crippen LogP contribution in [-0.2, 0) is 14.3 Å². The van der Waals surface area contributed by atoms with E-state index < -0.39 is 5.97 Å². The fourth-order valence-electron chi connectivity index (χ4n) is 3.05. The lowest BCUT2D eigenvalue weighted by molar-refractivity contribution is -0.137. The van der Waals surface area contributed by atoms with E-state index in [1.54, 1.807) is 0 Å². The number of aliphatic carboxylic acids is 1. The molecule has 2 heterocycles. The van der Waals surface area contributed by atoms with E-state index >= 15 is 0 Å². The molecule has 0 aromatic heterocycles. The molecule has 2 fully saturated rings. The number of unbranched alkanes of at least 4 members (excludes halogenated alkanes) is 1. The van der Waals surface area contributed by atoms with Crippen LogP contribution < -0.4 is 0 Å². The minimum Gasteiger partial charge on any atom is -0.481 e. The van der Waals surface area contributed by atoms with Gasteiger partial charge < -0.3 is 14.6 Å². The smallest absolute Gasteiger partial charge is 0.303 e. The Balaban J connectivity index is 1.71. The van der Waals surface area contributed by atoms with Crippen LogP contribution in [0.5, 0.6) is 0 Å². The Morgan fingerprint density at radius 1 is 1.28 bits per heavy atom. The van der Waals surface area contributed by atoms with Crippen molar-refractivity contribution < 1.29 is 19.4 Å². The summed E-state index contributed by atoms with van der Waals surface area (Å²) in [7, 11) is 0. The highest BCUT2D eigenvalue weighted by Crippen LogP contribution is 2.44. The van der Waals surface area contributed by atoms with Crippen molar-refractivity contribution in [2.75, 3.05) is 0 Å². The number of allylic oxidation sites excluding steroid dienone is 2. The molecule has 2 aliphatic heterocycles. The van der Waals surface area contributed by atoms with Crippen LogP contribution in [0.15, 0.2) is 12.2 Å². The maximum Gasteiger partial charge on any atom is 0.303 e. The first-order chi connectivity index (χ1) is 8.72. The van der Waals surface area contributed by atoms with Crippen LogP contribution >= 0.6 is 0 Å². The number of carbonyl (C=O) groups is 2. The Kier molecular flexibility index (Phi) is 4.53. The van der Waals surface area contributed by atoms with Crippen LogP contribution in [0.25, 0.3) is 0 Å². The summed E-state index contributed by atoms with van der Waals surface area (Å²) in [4.78, 5) is 21.4. The summed E-state index contributed by atoms with van der Waals surface area (Å²) in [6.07, 6.45) is 10.2. The van der Waals surface area contributed by atoms with Crippen LogP contribution in [-0.4, -0.2) is 29.6 Å². The van der Waals surface area contributed by atoms with Gasteiger partial charge >= 0.3 is 5.97 Å². The van der Waals surface area contributed by atoms with Gasteiger partial charge in [0.2, 0.25) is 0 Å². The number of carboxylic acids is 1. The normalized spacial score (nSPS) is 34.2. The molecule has 18 heavy (non-hydrogen) atoms. The van der Waals surface area contributed by atoms with Gasteiger partial charge in [0.25, 0.3) is 0 Å². The van der Waals surface area contributed by atoms with Crippen molar-refractivity contribution in [1.29, 1.82) is 0 Å². The zero-order valence-electron chi connectivity index (χ0n) is 10.5. The van der Waals surface area contributed by atoms with Gasteiger partial charge in [0.05, 0.1) is 12.2 Å². The van der Waals surface area contributed by atoms with E-state index in [1.807, 2.05) is 6.08 Å². The van der Waals surface area contributed by atoms with Crippen molar-refractivity contribution in [3.63, 3.8) is 0 Å². The summed E-state index contributed by atoms with van der Waals surface area (Å²) in [5.41, 5.74) is 0. The van der Waals surface area contributed by atoms with Crippen molar-refractivity contribution in [2.45, 2.75) is 50.7 Å². The Bertz CT molecular complexity index is 337. The maximum atomic E-state index is 11.0. The summed E-state index contributed by atoms with van der Waals surface area (Å²) >= 11 is 0. The zero-order chi connectivity index (χ0) is 13.0. The van der Waals surface area contributed by atoms with E-state index in [0.29, 0.717) is 12.3 Å². The summed E-state index contributed by atoms with van der Waals surface area (Å²) in [5, 5.41) is 8.50. The average Bonchev–Trinajstić information content (AvgIpc) is 2.93. The van der Waals surface area contributed by atoms with Crippen molar-refractivity contribution in [3.05, 3.63) is 12.2 Å². The molecule has 2 saturated heterocycles. The van der Waals surface area contributed by atoms with Crippen LogP contribution in [0.3, 0.4) is 0 Å². The second kappa shape index (κ2) is 6.14. The van der Waals surface area contributed by atoms with E-state index in [-0.39, 0.29) is 24.5 Å². The topological polar surface area (TPSA) is 63.6 Å². The first-order valence-corrected chi connectivity index (χ1v) is 6.70. The molecule has 4 heteroatoms. The molecule has 0 saturated carbocycles. The molecule has 100 valence electrons. The van der Waals surface area contributed by atoms with E-state index in [4.69, 9.17) is 9.84 Å². The van der Waals surface area contributed by atoms with Crippen LogP contribution in [0.2, 0.25) is 0 Å². The van der Waals surface area contributed by atoms with Crippen molar-refractivity contribution in [3.8, 4) is 0 Å². The molecule has 0 aromatic rings. The summed E-state index contributed by atoms with van der Waals surface area (Å²) < 4.78 is 5.76. The molecule has 4 nitrogen and oxygen atoms in total. The molecular weight excluding hydrogens is 232 g/mol. The minimum absolute atomic E-state index is 0.0624. The Morgan fingerprint density at radius 2 is 2.06 bits per heavy atom. The van der Waals surface area contributed by atoms with Gasteiger partial charge in [-0.05, 0) is 32.1 Å². The second-order valence-electron chi connectivity index (χ2n) is 5.16. The van der Waals surface area contributed by atoms with E-state index in [0.717, 1.165) is 32.0 Å². The average molecular weight is 252 g/mol. The number of ether oxygens (including phenoxy) is 1. The fraction of sp³-hybridized carbons (Fsp3) is 0.714. The molecule has 0 aliphatic carbocycles. The van der Waals surface area contributed by atoms with Gasteiger partial charge in [-0.15, -0.1) is 0 Å². The van der Waals surface area contributed by atoms with E-state index in [2.05, 4.69) is 6.08 Å². The Hall–Kier alpha value is -1.16. The predicted octanol–water partition coefficient (Wildman–Crippen LogP) is 2.18. The number of fused-ring (bicyclic) bond motifs is 2. The molecule has 0 radical (unpaired) electrons. The van der Waals surface area contributed by atoms with Gasteiger partial charge in [-0.2, -0.15) is 0 Å². The quantitative estimate of drug-likeness (QED) is 0.428. The first kappa shape index (κ1) is 13.3. The lowest BCUT2D eigenvalue weighted by Gasteiger charge is -2.22.